The van der Waals surface area contributed by atoms with E-state index in [0.717, 1.165) is 22.6 Å². The van der Waals surface area contributed by atoms with Crippen LogP contribution in [-0.4, -0.2) is 20.6 Å². The summed E-state index contributed by atoms with van der Waals surface area (Å²) in [5.74, 6) is 0.125. The van der Waals surface area contributed by atoms with Crippen LogP contribution in [0.15, 0.2) is 52.5 Å². The van der Waals surface area contributed by atoms with Crippen LogP contribution >= 0.6 is 22.9 Å². The molecule has 1 amide bonds. The quantitative estimate of drug-likeness (QED) is 0.540. The number of hydrogen-bond acceptors (Lipinski definition) is 5. The highest BCUT2D eigenvalue weighted by Gasteiger charge is 2.20. The van der Waals surface area contributed by atoms with Crippen molar-refractivity contribution in [3.8, 4) is 22.2 Å². The van der Waals surface area contributed by atoms with Gasteiger partial charge in [-0.05, 0) is 24.6 Å². The number of nitrogens with zero attached hydrogens (tertiary/aromatic N) is 3. The molecule has 136 valence electrons. The summed E-state index contributed by atoms with van der Waals surface area (Å²) in [7, 11) is 0. The summed E-state index contributed by atoms with van der Waals surface area (Å²) in [6.45, 7) is 2.37. The third kappa shape index (κ3) is 3.27. The third-order valence-corrected chi connectivity index (χ3v) is 5.56. The Labute approximate surface area is 164 Å². The first-order valence-corrected chi connectivity index (χ1v) is 9.40. The van der Waals surface area contributed by atoms with Crippen LogP contribution in [0.3, 0.4) is 0 Å². The summed E-state index contributed by atoms with van der Waals surface area (Å²) in [6.07, 6.45) is 1.58. The fourth-order valence-electron chi connectivity index (χ4n) is 2.94. The molecule has 27 heavy (non-hydrogen) atoms. The van der Waals surface area contributed by atoms with Gasteiger partial charge in [0.05, 0.1) is 23.1 Å². The van der Waals surface area contributed by atoms with E-state index >= 15 is 0 Å². The van der Waals surface area contributed by atoms with Crippen molar-refractivity contribution in [2.45, 2.75) is 13.5 Å². The number of carbonyl (C=O) groups is 1. The second kappa shape index (κ2) is 7.02. The molecule has 0 aliphatic rings. The summed E-state index contributed by atoms with van der Waals surface area (Å²) in [6, 6.07) is 11.1. The molecule has 0 bridgehead atoms. The van der Waals surface area contributed by atoms with Gasteiger partial charge in [-0.1, -0.05) is 35.0 Å². The van der Waals surface area contributed by atoms with Crippen LogP contribution in [0.5, 0.6) is 0 Å². The highest BCUT2D eigenvalue weighted by molar-refractivity contribution is 7.13. The largest absolute Gasteiger partial charge is 0.366 e. The highest BCUT2D eigenvalue weighted by atomic mass is 35.5. The first-order chi connectivity index (χ1) is 13.0. The summed E-state index contributed by atoms with van der Waals surface area (Å²) in [4.78, 5) is 16.5. The zero-order chi connectivity index (χ0) is 19.0. The third-order valence-electron chi connectivity index (χ3n) is 4.33. The van der Waals surface area contributed by atoms with E-state index in [4.69, 9.17) is 21.9 Å². The molecular formula is C19H15ClN4O2S. The van der Waals surface area contributed by atoms with Crippen molar-refractivity contribution in [1.82, 2.24) is 14.7 Å². The Balaban J connectivity index is 1.81. The topological polar surface area (TPSA) is 86.9 Å². The molecule has 0 saturated heterocycles. The Morgan fingerprint density at radius 1 is 1.33 bits per heavy atom. The number of aromatic nitrogens is 3. The van der Waals surface area contributed by atoms with Crippen LogP contribution in [0.1, 0.15) is 21.6 Å². The van der Waals surface area contributed by atoms with Gasteiger partial charge in [0.1, 0.15) is 0 Å². The van der Waals surface area contributed by atoms with Gasteiger partial charge >= 0.3 is 0 Å². The predicted molar refractivity (Wildman–Crippen MR) is 105 cm³/mol. The minimum absolute atomic E-state index is 0.464. The number of benzene rings is 1. The Kier molecular flexibility index (Phi) is 4.55. The van der Waals surface area contributed by atoms with E-state index in [0.29, 0.717) is 27.9 Å². The lowest BCUT2D eigenvalue weighted by atomic mass is 10.2. The maximum Gasteiger partial charge on any atom is 0.250 e. The number of nitrogens with two attached hydrogens (primary N) is 1. The van der Waals surface area contributed by atoms with E-state index in [1.54, 1.807) is 18.3 Å². The monoisotopic (exact) mass is 398 g/mol. The molecule has 8 heteroatoms. The molecule has 2 N–H and O–H groups in total. The van der Waals surface area contributed by atoms with Gasteiger partial charge in [0.2, 0.25) is 0 Å². The summed E-state index contributed by atoms with van der Waals surface area (Å²) in [5, 5.41) is 7.01. The Bertz CT molecular complexity index is 1110. The van der Waals surface area contributed by atoms with Crippen LogP contribution in [-0.2, 0) is 6.54 Å². The highest BCUT2D eigenvalue weighted by Crippen LogP contribution is 2.32. The first-order valence-electron chi connectivity index (χ1n) is 8.15. The lowest BCUT2D eigenvalue weighted by Crippen LogP contribution is -2.12. The Morgan fingerprint density at radius 3 is 2.85 bits per heavy atom. The SMILES string of the molecule is Cc1c(C(N)=O)cc(-c2csc(-c3ccno3)n2)n1Cc1ccccc1Cl. The summed E-state index contributed by atoms with van der Waals surface area (Å²) in [5.41, 5.74) is 9.27. The lowest BCUT2D eigenvalue weighted by Gasteiger charge is -2.12. The van der Waals surface area contributed by atoms with E-state index in [1.165, 1.54) is 11.3 Å². The van der Waals surface area contributed by atoms with Crippen molar-refractivity contribution >= 4 is 28.8 Å². The Hall–Kier alpha value is -2.90. The zero-order valence-electron chi connectivity index (χ0n) is 14.3. The maximum atomic E-state index is 11.9. The molecule has 0 fully saturated rings. The van der Waals surface area contributed by atoms with Crippen molar-refractivity contribution in [3.63, 3.8) is 0 Å². The van der Waals surface area contributed by atoms with Gasteiger partial charge in [-0.3, -0.25) is 4.79 Å². The molecule has 4 rings (SSSR count). The van der Waals surface area contributed by atoms with Gasteiger partial charge in [-0.2, -0.15) is 0 Å². The molecule has 6 nitrogen and oxygen atoms in total. The molecule has 3 aromatic heterocycles. The lowest BCUT2D eigenvalue weighted by molar-refractivity contribution is 0.0999. The fourth-order valence-corrected chi connectivity index (χ4v) is 3.90. The standard InChI is InChI=1S/C19H15ClN4O2S/c1-11-13(18(21)25)8-16(24(11)9-12-4-2-3-5-14(12)20)15-10-27-19(23-15)17-6-7-22-26-17/h2-8,10H,9H2,1H3,(H2,21,25). The normalized spacial score (nSPS) is 11.0. The molecule has 0 radical (unpaired) electrons. The van der Waals surface area contributed by atoms with Crippen LogP contribution in [0.25, 0.3) is 22.2 Å². The number of thiazole rings is 1. The molecule has 0 aliphatic carbocycles. The molecular weight excluding hydrogens is 384 g/mol. The van der Waals surface area contributed by atoms with E-state index in [1.807, 2.05) is 41.1 Å². The second-order valence-electron chi connectivity index (χ2n) is 5.99. The van der Waals surface area contributed by atoms with E-state index in [-0.39, 0.29) is 0 Å². The van der Waals surface area contributed by atoms with Crippen LogP contribution in [0.2, 0.25) is 5.02 Å². The van der Waals surface area contributed by atoms with Gasteiger partial charge in [0.25, 0.3) is 5.91 Å². The minimum atomic E-state index is -0.475. The van der Waals surface area contributed by atoms with Gasteiger partial charge in [-0.25, -0.2) is 4.98 Å². The predicted octanol–water partition coefficient (Wildman–Crippen LogP) is 4.38. The molecule has 0 atom stereocenters. The summed E-state index contributed by atoms with van der Waals surface area (Å²) >= 11 is 7.77. The molecule has 0 spiro atoms. The fraction of sp³-hybridized carbons (Fsp3) is 0.105. The van der Waals surface area contributed by atoms with Gasteiger partial charge < -0.3 is 14.8 Å². The van der Waals surface area contributed by atoms with Crippen LogP contribution in [0.4, 0.5) is 0 Å². The molecule has 4 aromatic rings. The van der Waals surface area contributed by atoms with E-state index < -0.39 is 5.91 Å². The number of carbonyl (C=O) groups excluding carboxylic acids is 1. The number of amides is 1. The average molecular weight is 399 g/mol. The van der Waals surface area contributed by atoms with Crippen molar-refractivity contribution in [2.75, 3.05) is 0 Å². The Morgan fingerprint density at radius 2 is 2.15 bits per heavy atom. The smallest absolute Gasteiger partial charge is 0.250 e. The van der Waals surface area contributed by atoms with Gasteiger partial charge in [0.15, 0.2) is 10.8 Å². The zero-order valence-corrected chi connectivity index (χ0v) is 15.9. The average Bonchev–Trinajstić information content (AvgIpc) is 3.37. The van der Waals surface area contributed by atoms with Crippen molar-refractivity contribution < 1.29 is 9.32 Å². The van der Waals surface area contributed by atoms with Crippen LogP contribution < -0.4 is 5.73 Å². The molecule has 1 aromatic carbocycles. The second-order valence-corrected chi connectivity index (χ2v) is 7.25. The van der Waals surface area contributed by atoms with Gasteiger partial charge in [-0.15, -0.1) is 11.3 Å². The number of halogens is 1. The van der Waals surface area contributed by atoms with Crippen molar-refractivity contribution in [2.24, 2.45) is 5.73 Å². The van der Waals surface area contributed by atoms with Crippen molar-refractivity contribution in [1.29, 1.82) is 0 Å². The molecule has 3 heterocycles. The summed E-state index contributed by atoms with van der Waals surface area (Å²) < 4.78 is 7.18. The molecule has 0 unspecified atom stereocenters. The maximum absolute atomic E-state index is 11.9. The number of hydrogen-bond donors (Lipinski definition) is 1. The molecule has 0 saturated carbocycles. The van der Waals surface area contributed by atoms with E-state index in [9.17, 15) is 4.79 Å². The van der Waals surface area contributed by atoms with Gasteiger partial charge in [0, 0.05) is 28.7 Å². The van der Waals surface area contributed by atoms with E-state index in [2.05, 4.69) is 10.1 Å². The van der Waals surface area contributed by atoms with Crippen molar-refractivity contribution in [3.05, 3.63) is 69.8 Å². The first kappa shape index (κ1) is 17.5. The number of rotatable bonds is 5. The molecule has 0 aliphatic heterocycles. The number of primary amides is 1. The minimum Gasteiger partial charge on any atom is -0.366 e. The van der Waals surface area contributed by atoms with Crippen LogP contribution in [0, 0.1) is 6.92 Å².